The Balaban J connectivity index is 2.11. The van der Waals surface area contributed by atoms with Gasteiger partial charge in [-0.2, -0.15) is 0 Å². The molecule has 17 heavy (non-hydrogen) atoms. The third-order valence-corrected chi connectivity index (χ3v) is 4.26. The molecular weight excluding hydrogens is 216 g/mol. The summed E-state index contributed by atoms with van der Waals surface area (Å²) in [5, 5.41) is 0. The van der Waals surface area contributed by atoms with E-state index in [2.05, 4.69) is 0 Å². The lowest BCUT2D eigenvalue weighted by Gasteiger charge is -2.49. The van der Waals surface area contributed by atoms with Gasteiger partial charge < -0.3 is 4.74 Å². The van der Waals surface area contributed by atoms with Crippen LogP contribution in [0.15, 0.2) is 24.3 Å². The first-order valence-corrected chi connectivity index (χ1v) is 5.84. The van der Waals surface area contributed by atoms with Gasteiger partial charge in [-0.05, 0) is 19.4 Å². The lowest BCUT2D eigenvalue weighted by atomic mass is 9.67. The Labute approximate surface area is 99.8 Å². The summed E-state index contributed by atoms with van der Waals surface area (Å²) in [6, 6.07) is 7.89. The van der Waals surface area contributed by atoms with Gasteiger partial charge in [0.1, 0.15) is 0 Å². The maximum atomic E-state index is 11.9. The van der Waals surface area contributed by atoms with Crippen LogP contribution in [-0.2, 0) is 19.9 Å². The Kier molecular flexibility index (Phi) is 1.84. The molecule has 0 radical (unpaired) electrons. The van der Waals surface area contributed by atoms with Crippen LogP contribution in [0.5, 0.6) is 0 Å². The number of ketones is 1. The van der Waals surface area contributed by atoms with E-state index in [1.165, 1.54) is 0 Å². The first-order chi connectivity index (χ1) is 8.00. The minimum atomic E-state index is -0.956. The van der Waals surface area contributed by atoms with Crippen LogP contribution < -0.4 is 0 Å². The fraction of sp³-hybridized carbons (Fsp3) is 0.429. The Morgan fingerprint density at radius 1 is 1.18 bits per heavy atom. The highest BCUT2D eigenvalue weighted by Crippen LogP contribution is 2.60. The van der Waals surface area contributed by atoms with Crippen LogP contribution in [0.25, 0.3) is 0 Å². The predicted molar refractivity (Wildman–Crippen MR) is 61.3 cm³/mol. The average Bonchev–Trinajstić information content (AvgIpc) is 2.52. The van der Waals surface area contributed by atoms with Gasteiger partial charge in [-0.1, -0.05) is 29.8 Å². The largest absolute Gasteiger partial charge is 0.452 e. The van der Waals surface area contributed by atoms with Crippen molar-refractivity contribution in [3.05, 3.63) is 35.4 Å². The number of fused-ring (bicyclic) bond motifs is 1. The van der Waals surface area contributed by atoms with Crippen LogP contribution in [0.4, 0.5) is 0 Å². The van der Waals surface area contributed by atoms with E-state index in [9.17, 15) is 9.59 Å². The van der Waals surface area contributed by atoms with E-state index in [-0.39, 0.29) is 11.8 Å². The van der Waals surface area contributed by atoms with Gasteiger partial charge in [-0.25, -0.2) is 0 Å². The van der Waals surface area contributed by atoms with Crippen LogP contribution in [0, 0.1) is 12.3 Å². The molecule has 1 aromatic carbocycles. The first-order valence-electron chi connectivity index (χ1n) is 5.84. The number of hydrogen-bond donors (Lipinski definition) is 0. The zero-order chi connectivity index (χ0) is 12.3. The maximum absolute atomic E-state index is 11.9. The monoisotopic (exact) mass is 230 g/mol. The summed E-state index contributed by atoms with van der Waals surface area (Å²) in [5.74, 6) is -0.366. The van der Waals surface area contributed by atoms with Crippen molar-refractivity contribution in [1.82, 2.24) is 0 Å². The Hall–Kier alpha value is -1.64. The topological polar surface area (TPSA) is 43.4 Å². The molecule has 0 aromatic heterocycles. The molecule has 3 nitrogen and oxygen atoms in total. The van der Waals surface area contributed by atoms with Crippen molar-refractivity contribution in [1.29, 1.82) is 0 Å². The average molecular weight is 230 g/mol. The number of ether oxygens (including phenoxy) is 1. The van der Waals surface area contributed by atoms with Gasteiger partial charge in [-0.15, -0.1) is 0 Å². The molecule has 88 valence electrons. The van der Waals surface area contributed by atoms with Crippen molar-refractivity contribution < 1.29 is 14.3 Å². The molecule has 1 saturated heterocycles. The van der Waals surface area contributed by atoms with Crippen molar-refractivity contribution in [3.63, 3.8) is 0 Å². The van der Waals surface area contributed by atoms with E-state index in [1.807, 2.05) is 31.2 Å². The van der Waals surface area contributed by atoms with E-state index in [0.29, 0.717) is 12.8 Å². The van der Waals surface area contributed by atoms with Crippen molar-refractivity contribution in [2.45, 2.75) is 32.3 Å². The van der Waals surface area contributed by atoms with Crippen LogP contribution in [0.1, 0.15) is 30.9 Å². The number of carbonyl (C=O) groups excluding carboxylic acids is 2. The molecule has 3 rings (SSSR count). The number of aryl methyl sites for hydroxylation is 1. The molecule has 1 aliphatic heterocycles. The molecule has 0 spiro atoms. The molecule has 0 unspecified atom stereocenters. The standard InChI is InChI=1S/C14H14O3/c1-9-3-5-10(6-4-9)14-8-7-11(15)13(14,2)12(16)17-14/h3-6H,7-8H2,1-2H3/t13-,14+/m1/s1. The number of benzene rings is 1. The van der Waals surface area contributed by atoms with Gasteiger partial charge in [0.25, 0.3) is 0 Å². The summed E-state index contributed by atoms with van der Waals surface area (Å²) < 4.78 is 5.39. The molecule has 2 atom stereocenters. The predicted octanol–water partition coefficient (Wildman–Crippen LogP) is 2.12. The number of Topliss-reactive ketones (excluding diaryl/α,β-unsaturated/α-hetero) is 1. The normalized spacial score (nSPS) is 35.2. The van der Waals surface area contributed by atoms with Crippen LogP contribution in [0.3, 0.4) is 0 Å². The van der Waals surface area contributed by atoms with Gasteiger partial charge in [0, 0.05) is 12.8 Å². The molecule has 0 amide bonds. The van der Waals surface area contributed by atoms with Crippen molar-refractivity contribution >= 4 is 11.8 Å². The summed E-state index contributed by atoms with van der Waals surface area (Å²) in [7, 11) is 0. The zero-order valence-electron chi connectivity index (χ0n) is 9.95. The molecule has 3 heteroatoms. The van der Waals surface area contributed by atoms with Crippen LogP contribution in [0.2, 0.25) is 0 Å². The first kappa shape index (κ1) is 10.5. The van der Waals surface area contributed by atoms with Crippen LogP contribution in [-0.4, -0.2) is 11.8 Å². The summed E-state index contributed by atoms with van der Waals surface area (Å²) in [4.78, 5) is 23.6. The molecular formula is C14H14O3. The molecule has 1 saturated carbocycles. The third kappa shape index (κ3) is 1.02. The summed E-state index contributed by atoms with van der Waals surface area (Å²) in [6.45, 7) is 3.72. The van der Waals surface area contributed by atoms with Crippen molar-refractivity contribution in [2.24, 2.45) is 5.41 Å². The van der Waals surface area contributed by atoms with Gasteiger partial charge in [0.15, 0.2) is 16.8 Å². The Morgan fingerprint density at radius 3 is 2.41 bits per heavy atom. The van der Waals surface area contributed by atoms with Crippen LogP contribution >= 0.6 is 0 Å². The Bertz CT molecular complexity index is 517. The number of rotatable bonds is 1. The molecule has 1 aromatic rings. The van der Waals surface area contributed by atoms with Crippen molar-refractivity contribution in [3.8, 4) is 0 Å². The molecule has 2 fully saturated rings. The second-order valence-electron chi connectivity index (χ2n) is 5.13. The van der Waals surface area contributed by atoms with E-state index < -0.39 is 11.0 Å². The Morgan fingerprint density at radius 2 is 1.82 bits per heavy atom. The minimum Gasteiger partial charge on any atom is -0.452 e. The summed E-state index contributed by atoms with van der Waals surface area (Å²) in [6.07, 6.45) is 1.03. The fourth-order valence-electron chi connectivity index (χ4n) is 2.98. The van der Waals surface area contributed by atoms with E-state index in [0.717, 1.165) is 11.1 Å². The molecule has 1 heterocycles. The maximum Gasteiger partial charge on any atom is 0.324 e. The number of hydrogen-bond acceptors (Lipinski definition) is 3. The SMILES string of the molecule is Cc1ccc([C@@]23CCC(=O)[C@]2(C)C(=O)O3)cc1. The van der Waals surface area contributed by atoms with E-state index in [4.69, 9.17) is 4.74 Å². The minimum absolute atomic E-state index is 0.00863. The smallest absolute Gasteiger partial charge is 0.324 e. The lowest BCUT2D eigenvalue weighted by molar-refractivity contribution is -0.231. The summed E-state index contributed by atoms with van der Waals surface area (Å²) >= 11 is 0. The second-order valence-corrected chi connectivity index (χ2v) is 5.13. The van der Waals surface area contributed by atoms with Gasteiger partial charge in [-0.3, -0.25) is 9.59 Å². The quantitative estimate of drug-likeness (QED) is 0.548. The lowest BCUT2D eigenvalue weighted by Crippen LogP contribution is -2.62. The number of carbonyl (C=O) groups is 2. The van der Waals surface area contributed by atoms with Crippen molar-refractivity contribution in [2.75, 3.05) is 0 Å². The number of esters is 1. The zero-order valence-corrected chi connectivity index (χ0v) is 9.95. The molecule has 0 bridgehead atoms. The molecule has 1 aliphatic carbocycles. The van der Waals surface area contributed by atoms with E-state index in [1.54, 1.807) is 6.92 Å². The third-order valence-electron chi connectivity index (χ3n) is 4.26. The van der Waals surface area contributed by atoms with Gasteiger partial charge in [0.2, 0.25) is 0 Å². The highest BCUT2D eigenvalue weighted by atomic mass is 16.6. The highest BCUT2D eigenvalue weighted by Gasteiger charge is 2.74. The van der Waals surface area contributed by atoms with E-state index >= 15 is 0 Å². The molecule has 0 N–H and O–H groups in total. The van der Waals surface area contributed by atoms with Gasteiger partial charge >= 0.3 is 5.97 Å². The highest BCUT2D eigenvalue weighted by molar-refractivity contribution is 6.11. The molecule has 2 aliphatic rings. The van der Waals surface area contributed by atoms with Gasteiger partial charge in [0.05, 0.1) is 0 Å². The second kappa shape index (κ2) is 2.97. The fourth-order valence-corrected chi connectivity index (χ4v) is 2.98. The summed E-state index contributed by atoms with van der Waals surface area (Å²) in [5.41, 5.74) is 0.440.